The third-order valence-electron chi connectivity index (χ3n) is 6.33. The van der Waals surface area contributed by atoms with E-state index in [1.807, 2.05) is 0 Å². The lowest BCUT2D eigenvalue weighted by Gasteiger charge is -2.25. The summed E-state index contributed by atoms with van der Waals surface area (Å²) < 4.78 is 26.9. The van der Waals surface area contributed by atoms with Gasteiger partial charge in [0.1, 0.15) is 6.54 Å². The predicted molar refractivity (Wildman–Crippen MR) is 110 cm³/mol. The molecule has 3 aliphatic rings. The minimum Gasteiger partial charge on any atom is -0.325 e. The number of benzene rings is 1. The number of nitrogens with one attached hydrogen (secondary N) is 1. The van der Waals surface area contributed by atoms with Gasteiger partial charge in [0, 0.05) is 18.8 Å². The summed E-state index contributed by atoms with van der Waals surface area (Å²) in [4.78, 5) is 38.7. The monoisotopic (exact) mass is 433 g/mol. The first-order valence-corrected chi connectivity index (χ1v) is 12.1. The van der Waals surface area contributed by atoms with Gasteiger partial charge in [-0.2, -0.15) is 4.31 Å². The van der Waals surface area contributed by atoms with Crippen LogP contribution in [-0.2, 0) is 24.4 Å². The van der Waals surface area contributed by atoms with E-state index < -0.39 is 15.9 Å². The number of anilines is 1. The van der Waals surface area contributed by atoms with Gasteiger partial charge in [0.2, 0.25) is 27.7 Å². The summed E-state index contributed by atoms with van der Waals surface area (Å²) in [5, 5.41) is 2.66. The zero-order valence-corrected chi connectivity index (χ0v) is 17.7. The minimum atomic E-state index is -3.53. The normalized spacial score (nSPS) is 25.3. The van der Waals surface area contributed by atoms with Crippen molar-refractivity contribution in [1.82, 2.24) is 9.21 Å². The molecule has 0 aromatic heterocycles. The fraction of sp³-hybridized carbons (Fsp3) is 0.571. The fourth-order valence-corrected chi connectivity index (χ4v) is 6.21. The second-order valence-electron chi connectivity index (χ2n) is 8.30. The van der Waals surface area contributed by atoms with Gasteiger partial charge >= 0.3 is 0 Å². The number of carbonyl (C=O) groups excluding carboxylic acids is 3. The van der Waals surface area contributed by atoms with Crippen LogP contribution in [0.3, 0.4) is 0 Å². The lowest BCUT2D eigenvalue weighted by Crippen LogP contribution is -2.38. The Morgan fingerprint density at radius 2 is 1.47 bits per heavy atom. The first-order valence-electron chi connectivity index (χ1n) is 10.6. The Bertz CT molecular complexity index is 914. The molecular formula is C21H27N3O5S. The lowest BCUT2D eigenvalue weighted by molar-refractivity contribution is -0.142. The van der Waals surface area contributed by atoms with Crippen molar-refractivity contribution in [3.8, 4) is 0 Å². The Balaban J connectivity index is 1.38. The van der Waals surface area contributed by atoms with Crippen LogP contribution in [0.4, 0.5) is 5.69 Å². The fourth-order valence-electron chi connectivity index (χ4n) is 4.70. The Labute approximate surface area is 176 Å². The van der Waals surface area contributed by atoms with Gasteiger partial charge in [-0.25, -0.2) is 8.42 Å². The van der Waals surface area contributed by atoms with Crippen molar-refractivity contribution >= 4 is 33.4 Å². The number of rotatable bonds is 5. The van der Waals surface area contributed by atoms with Crippen molar-refractivity contribution in [2.75, 3.05) is 25.0 Å². The van der Waals surface area contributed by atoms with E-state index in [2.05, 4.69) is 5.32 Å². The smallest absolute Gasteiger partial charge is 0.244 e. The Morgan fingerprint density at radius 1 is 0.900 bits per heavy atom. The summed E-state index contributed by atoms with van der Waals surface area (Å²) in [6, 6.07) is 6.00. The summed E-state index contributed by atoms with van der Waals surface area (Å²) >= 11 is 0. The zero-order chi connectivity index (χ0) is 21.3. The summed E-state index contributed by atoms with van der Waals surface area (Å²) in [6.07, 6.45) is 6.06. The molecule has 30 heavy (non-hydrogen) atoms. The third kappa shape index (κ3) is 4.00. The molecule has 2 saturated heterocycles. The lowest BCUT2D eigenvalue weighted by atomic mass is 9.81. The molecule has 1 aliphatic carbocycles. The summed E-state index contributed by atoms with van der Waals surface area (Å²) in [7, 11) is -3.53. The van der Waals surface area contributed by atoms with Gasteiger partial charge in [-0.1, -0.05) is 19.3 Å². The number of nitrogens with zero attached hydrogens (tertiary/aromatic N) is 2. The van der Waals surface area contributed by atoms with E-state index in [0.717, 1.165) is 37.0 Å². The highest BCUT2D eigenvalue weighted by molar-refractivity contribution is 7.89. The molecule has 162 valence electrons. The molecule has 1 saturated carbocycles. The average Bonchev–Trinajstić information content (AvgIpc) is 3.00. The first-order chi connectivity index (χ1) is 14.4. The minimum absolute atomic E-state index is 0.191. The van der Waals surface area contributed by atoms with Gasteiger partial charge in [0.15, 0.2) is 0 Å². The Kier molecular flexibility index (Phi) is 5.92. The van der Waals surface area contributed by atoms with Gasteiger partial charge in [0.25, 0.3) is 0 Å². The highest BCUT2D eigenvalue weighted by atomic mass is 32.2. The largest absolute Gasteiger partial charge is 0.325 e. The predicted octanol–water partition coefficient (Wildman–Crippen LogP) is 1.97. The molecular weight excluding hydrogens is 406 g/mol. The molecule has 1 N–H and O–H groups in total. The zero-order valence-electron chi connectivity index (χ0n) is 16.9. The van der Waals surface area contributed by atoms with E-state index in [1.54, 1.807) is 0 Å². The highest BCUT2D eigenvalue weighted by Crippen LogP contribution is 2.37. The van der Waals surface area contributed by atoms with E-state index in [-0.39, 0.29) is 35.1 Å². The molecule has 1 aromatic rings. The molecule has 1 aromatic carbocycles. The van der Waals surface area contributed by atoms with Crippen LogP contribution in [0.25, 0.3) is 0 Å². The Hall–Kier alpha value is -2.26. The number of imide groups is 1. The van der Waals surface area contributed by atoms with Crippen molar-refractivity contribution in [2.24, 2.45) is 11.8 Å². The van der Waals surface area contributed by atoms with Crippen molar-refractivity contribution in [3.63, 3.8) is 0 Å². The van der Waals surface area contributed by atoms with Gasteiger partial charge in [-0.3, -0.25) is 19.3 Å². The molecule has 2 heterocycles. The van der Waals surface area contributed by atoms with Crippen LogP contribution >= 0.6 is 0 Å². The average molecular weight is 434 g/mol. The second kappa shape index (κ2) is 8.47. The van der Waals surface area contributed by atoms with Crippen LogP contribution < -0.4 is 5.32 Å². The molecule has 2 atom stereocenters. The van der Waals surface area contributed by atoms with Gasteiger partial charge in [-0.15, -0.1) is 0 Å². The number of piperidine rings is 1. The van der Waals surface area contributed by atoms with Gasteiger partial charge < -0.3 is 5.32 Å². The summed E-state index contributed by atoms with van der Waals surface area (Å²) in [5.41, 5.74) is 0.425. The van der Waals surface area contributed by atoms with Crippen molar-refractivity contribution in [1.29, 1.82) is 0 Å². The Morgan fingerprint density at radius 3 is 2.03 bits per heavy atom. The van der Waals surface area contributed by atoms with Crippen LogP contribution in [0, 0.1) is 11.8 Å². The quantitative estimate of drug-likeness (QED) is 0.715. The number of carbonyl (C=O) groups is 3. The molecule has 3 amide bonds. The SMILES string of the molecule is O=C(CN1C(=O)[C@@H]2CCCC[C@H]2C1=O)Nc1ccc(S(=O)(=O)N2CCCCC2)cc1. The van der Waals surface area contributed by atoms with Crippen molar-refractivity contribution in [3.05, 3.63) is 24.3 Å². The summed E-state index contributed by atoms with van der Waals surface area (Å²) in [6.45, 7) is 0.750. The molecule has 9 heteroatoms. The topological polar surface area (TPSA) is 104 Å². The second-order valence-corrected chi connectivity index (χ2v) is 10.2. The molecule has 2 aliphatic heterocycles. The molecule has 0 radical (unpaired) electrons. The molecule has 8 nitrogen and oxygen atoms in total. The number of likely N-dealkylation sites (tertiary alicyclic amines) is 1. The van der Waals surface area contributed by atoms with Gasteiger partial charge in [-0.05, 0) is 49.9 Å². The molecule has 0 bridgehead atoms. The number of hydrogen-bond donors (Lipinski definition) is 1. The number of sulfonamides is 1. The first kappa shape index (κ1) is 21.0. The van der Waals surface area contributed by atoms with E-state index in [4.69, 9.17) is 0 Å². The van der Waals surface area contributed by atoms with Gasteiger partial charge in [0.05, 0.1) is 16.7 Å². The molecule has 0 unspecified atom stereocenters. The maximum atomic E-state index is 12.7. The van der Waals surface area contributed by atoms with E-state index in [9.17, 15) is 22.8 Å². The third-order valence-corrected chi connectivity index (χ3v) is 8.24. The van der Waals surface area contributed by atoms with E-state index >= 15 is 0 Å². The molecule has 0 spiro atoms. The standard InChI is InChI=1S/C21H27N3O5S/c25-19(14-24-20(26)17-6-2-3-7-18(17)21(24)27)22-15-8-10-16(11-9-15)30(28,29)23-12-4-1-5-13-23/h8-11,17-18H,1-7,12-14H2,(H,22,25)/t17-,18-/m1/s1. The number of hydrogen-bond acceptors (Lipinski definition) is 5. The molecule has 3 fully saturated rings. The van der Waals surface area contributed by atoms with Crippen molar-refractivity contribution in [2.45, 2.75) is 49.8 Å². The van der Waals surface area contributed by atoms with Crippen LogP contribution in [0.5, 0.6) is 0 Å². The number of fused-ring (bicyclic) bond motifs is 1. The van der Waals surface area contributed by atoms with E-state index in [1.165, 1.54) is 28.6 Å². The highest BCUT2D eigenvalue weighted by Gasteiger charge is 2.48. The maximum Gasteiger partial charge on any atom is 0.244 e. The van der Waals surface area contributed by atoms with Crippen molar-refractivity contribution < 1.29 is 22.8 Å². The molecule has 4 rings (SSSR count). The van der Waals surface area contributed by atoms with E-state index in [0.29, 0.717) is 31.6 Å². The maximum absolute atomic E-state index is 12.7. The van der Waals surface area contributed by atoms with Crippen LogP contribution in [0.1, 0.15) is 44.9 Å². The van der Waals surface area contributed by atoms with Crippen LogP contribution in [0.15, 0.2) is 29.2 Å². The summed E-state index contributed by atoms with van der Waals surface area (Å²) in [5.74, 6) is -1.52. The van der Waals surface area contributed by atoms with Crippen LogP contribution in [-0.4, -0.2) is 55.0 Å². The number of amides is 3. The van der Waals surface area contributed by atoms with Crippen LogP contribution in [0.2, 0.25) is 0 Å².